The lowest BCUT2D eigenvalue weighted by molar-refractivity contribution is -0.131. The zero-order valence-corrected chi connectivity index (χ0v) is 29.1. The Bertz CT molecular complexity index is 1210. The van der Waals surface area contributed by atoms with Crippen LogP contribution in [0.3, 0.4) is 0 Å². The summed E-state index contributed by atoms with van der Waals surface area (Å²) in [4.78, 5) is 58.2. The zero-order chi connectivity index (χ0) is 34.2. The van der Waals surface area contributed by atoms with E-state index in [-0.39, 0.29) is 43.4 Å². The van der Waals surface area contributed by atoms with Crippen LogP contribution < -0.4 is 19.9 Å². The largest absolute Gasteiger partial charge is 0.486 e. The normalized spacial score (nSPS) is 19.2. The molecule has 2 aliphatic rings. The van der Waals surface area contributed by atoms with Gasteiger partial charge in [-0.2, -0.15) is 0 Å². The smallest absolute Gasteiger partial charge is 0.410 e. The molecule has 0 spiro atoms. The van der Waals surface area contributed by atoms with Gasteiger partial charge in [0.25, 0.3) is 0 Å². The van der Waals surface area contributed by atoms with Gasteiger partial charge in [0.15, 0.2) is 0 Å². The number of methoxy groups -OCH3 is 2. The molecule has 4 amide bonds. The molecule has 46 heavy (non-hydrogen) atoms. The fourth-order valence-electron chi connectivity index (χ4n) is 5.55. The molecule has 1 aliphatic heterocycles. The quantitative estimate of drug-likeness (QED) is 0.233. The summed E-state index contributed by atoms with van der Waals surface area (Å²) in [5.41, 5.74) is -0.0703. The first-order valence-electron chi connectivity index (χ1n) is 16.2. The molecule has 12 heteroatoms. The maximum absolute atomic E-state index is 14.5. The van der Waals surface area contributed by atoms with Crippen molar-refractivity contribution in [3.8, 4) is 5.75 Å². The molecule has 12 nitrogen and oxygen atoms in total. The lowest BCUT2D eigenvalue weighted by atomic mass is 9.87. The second-order valence-corrected chi connectivity index (χ2v) is 14.3. The number of benzene rings is 1. The first kappa shape index (κ1) is 37.1. The summed E-state index contributed by atoms with van der Waals surface area (Å²) >= 11 is 0. The minimum Gasteiger partial charge on any atom is -0.486 e. The van der Waals surface area contributed by atoms with Crippen molar-refractivity contribution in [2.24, 2.45) is 11.8 Å². The Hall–Kier alpha value is -3.38. The molecule has 1 aliphatic carbocycles. The second-order valence-electron chi connectivity index (χ2n) is 14.3. The van der Waals surface area contributed by atoms with E-state index < -0.39 is 29.1 Å². The summed E-state index contributed by atoms with van der Waals surface area (Å²) < 4.78 is 22.3. The fraction of sp³-hybridized carbons (Fsp3) is 0.706. The lowest BCUT2D eigenvalue weighted by Gasteiger charge is -2.39. The topological polar surface area (TPSA) is 127 Å². The summed E-state index contributed by atoms with van der Waals surface area (Å²) in [7, 11) is 3.18. The highest BCUT2D eigenvalue weighted by Gasteiger charge is 2.43. The summed E-state index contributed by atoms with van der Waals surface area (Å²) in [6.07, 6.45) is 2.76. The van der Waals surface area contributed by atoms with Crippen LogP contribution >= 0.6 is 0 Å². The molecule has 1 N–H and O–H groups in total. The Kier molecular flexibility index (Phi) is 12.9. The molecule has 1 aromatic rings. The first-order valence-corrected chi connectivity index (χ1v) is 16.2. The van der Waals surface area contributed by atoms with E-state index in [0.717, 1.165) is 19.3 Å². The highest BCUT2D eigenvalue weighted by atomic mass is 16.6. The van der Waals surface area contributed by atoms with Crippen molar-refractivity contribution < 1.29 is 38.1 Å². The number of ether oxygens (including phenoxy) is 4. The van der Waals surface area contributed by atoms with Crippen LogP contribution in [-0.2, 0) is 28.6 Å². The van der Waals surface area contributed by atoms with E-state index >= 15 is 0 Å². The van der Waals surface area contributed by atoms with Crippen molar-refractivity contribution in [3.05, 3.63) is 18.2 Å². The molecule has 0 radical (unpaired) electrons. The van der Waals surface area contributed by atoms with Crippen LogP contribution in [0.2, 0.25) is 0 Å². The average Bonchev–Trinajstić information content (AvgIpc) is 3.80. The molecule has 1 heterocycles. The standard InChI is InChI=1S/C34H54N4O8/c1-23(21-44-9)35-30(40)24-17-25(20-37(19-24)32(42)46-34(5,6)7)31(41)38(26-11-12-26)27-13-14-29(45-33(2,3)4)28(18-27)36(22-39)15-10-16-43-8/h13-14,18,22-26H,10-12,15-17,19-21H2,1-9H3,(H,35,40)/t23?,24?,25-/m1/s1. The van der Waals surface area contributed by atoms with E-state index in [1.54, 1.807) is 50.9 Å². The van der Waals surface area contributed by atoms with Crippen molar-refractivity contribution in [1.29, 1.82) is 0 Å². The van der Waals surface area contributed by atoms with Gasteiger partial charge in [-0.05, 0) is 92.3 Å². The monoisotopic (exact) mass is 646 g/mol. The van der Waals surface area contributed by atoms with Crippen LogP contribution in [0.4, 0.5) is 16.2 Å². The summed E-state index contributed by atoms with van der Waals surface area (Å²) in [5, 5.41) is 2.96. The van der Waals surface area contributed by atoms with Gasteiger partial charge in [0, 0.05) is 58.2 Å². The molecule has 2 unspecified atom stereocenters. The maximum Gasteiger partial charge on any atom is 0.410 e. The van der Waals surface area contributed by atoms with E-state index in [1.165, 1.54) is 4.90 Å². The molecule has 2 fully saturated rings. The SMILES string of the molecule is COCCCN(C=O)c1cc(N(C(=O)[C@@H]2CC(C(=O)NC(C)COC)CN(C(=O)OC(C)(C)C)C2)C2CC2)ccc1OC(C)(C)C. The minimum atomic E-state index is -0.736. The van der Waals surface area contributed by atoms with Gasteiger partial charge in [-0.1, -0.05) is 0 Å². The van der Waals surface area contributed by atoms with Gasteiger partial charge in [0.05, 0.1) is 24.1 Å². The van der Waals surface area contributed by atoms with Gasteiger partial charge in [0.2, 0.25) is 18.2 Å². The first-order chi connectivity index (χ1) is 21.6. The number of hydrogen-bond acceptors (Lipinski definition) is 8. The van der Waals surface area contributed by atoms with Crippen LogP contribution in [0.1, 0.15) is 74.1 Å². The fourth-order valence-corrected chi connectivity index (χ4v) is 5.55. The molecular weight excluding hydrogens is 592 g/mol. The number of nitrogens with zero attached hydrogens (tertiary/aromatic N) is 3. The van der Waals surface area contributed by atoms with Gasteiger partial charge >= 0.3 is 6.09 Å². The number of rotatable bonds is 14. The summed E-state index contributed by atoms with van der Waals surface area (Å²) in [6, 6.07) is 5.20. The Morgan fingerprint density at radius 1 is 1.02 bits per heavy atom. The van der Waals surface area contributed by atoms with Crippen molar-refractivity contribution in [2.75, 3.05) is 56.9 Å². The Morgan fingerprint density at radius 3 is 2.26 bits per heavy atom. The lowest BCUT2D eigenvalue weighted by Crippen LogP contribution is -2.54. The molecule has 0 bridgehead atoms. The minimum absolute atomic E-state index is 0.0289. The van der Waals surface area contributed by atoms with Gasteiger partial charge in [0.1, 0.15) is 17.0 Å². The van der Waals surface area contributed by atoms with Crippen LogP contribution in [0.25, 0.3) is 0 Å². The third-order valence-electron chi connectivity index (χ3n) is 7.60. The summed E-state index contributed by atoms with van der Waals surface area (Å²) in [5.74, 6) is -1.14. The third-order valence-corrected chi connectivity index (χ3v) is 7.60. The van der Waals surface area contributed by atoms with Crippen LogP contribution in [-0.4, -0.2) is 99.6 Å². The van der Waals surface area contributed by atoms with E-state index in [0.29, 0.717) is 43.3 Å². The van der Waals surface area contributed by atoms with Crippen molar-refractivity contribution in [3.63, 3.8) is 0 Å². The highest BCUT2D eigenvalue weighted by molar-refractivity contribution is 5.98. The number of anilines is 2. The molecule has 0 aromatic heterocycles. The number of amides is 4. The molecule has 258 valence electrons. The molecule has 1 aromatic carbocycles. The second kappa shape index (κ2) is 15.9. The molecule has 1 saturated heterocycles. The van der Waals surface area contributed by atoms with E-state index in [9.17, 15) is 19.2 Å². The van der Waals surface area contributed by atoms with Gasteiger partial charge in [-0.15, -0.1) is 0 Å². The predicted molar refractivity (Wildman–Crippen MR) is 176 cm³/mol. The molecule has 3 atom stereocenters. The van der Waals surface area contributed by atoms with Gasteiger partial charge < -0.3 is 39.0 Å². The van der Waals surface area contributed by atoms with E-state index in [2.05, 4.69) is 5.32 Å². The van der Waals surface area contributed by atoms with Gasteiger partial charge in [-0.3, -0.25) is 14.4 Å². The number of nitrogens with one attached hydrogen (secondary N) is 1. The molecular formula is C34H54N4O8. The number of likely N-dealkylation sites (tertiary alicyclic amines) is 1. The Balaban J connectivity index is 1.98. The van der Waals surface area contributed by atoms with E-state index in [4.69, 9.17) is 18.9 Å². The van der Waals surface area contributed by atoms with E-state index in [1.807, 2.05) is 39.8 Å². The van der Waals surface area contributed by atoms with Crippen LogP contribution in [0.5, 0.6) is 5.75 Å². The predicted octanol–water partition coefficient (Wildman–Crippen LogP) is 4.38. The molecule has 3 rings (SSSR count). The Labute approximate surface area is 274 Å². The van der Waals surface area contributed by atoms with Crippen LogP contribution in [0, 0.1) is 11.8 Å². The number of piperidine rings is 1. The summed E-state index contributed by atoms with van der Waals surface area (Å²) in [6.45, 7) is 14.5. The number of hydrogen-bond donors (Lipinski definition) is 1. The maximum atomic E-state index is 14.5. The van der Waals surface area contributed by atoms with Crippen molar-refractivity contribution in [2.45, 2.75) is 97.4 Å². The highest BCUT2D eigenvalue weighted by Crippen LogP contribution is 2.40. The van der Waals surface area contributed by atoms with Crippen molar-refractivity contribution in [1.82, 2.24) is 10.2 Å². The van der Waals surface area contributed by atoms with Crippen molar-refractivity contribution >= 4 is 35.7 Å². The zero-order valence-electron chi connectivity index (χ0n) is 29.1. The van der Waals surface area contributed by atoms with Crippen LogP contribution in [0.15, 0.2) is 18.2 Å². The van der Waals surface area contributed by atoms with Gasteiger partial charge in [-0.25, -0.2) is 4.79 Å². The molecule has 1 saturated carbocycles. The Morgan fingerprint density at radius 2 is 1.70 bits per heavy atom. The number of carbonyl (C=O) groups is 4. The average molecular weight is 647 g/mol. The number of carbonyl (C=O) groups excluding carboxylic acids is 4. The third kappa shape index (κ3) is 10.9.